The summed E-state index contributed by atoms with van der Waals surface area (Å²) in [6.07, 6.45) is 4.03. The SMILES string of the molecule is CC1CCCN1CCCC(=O)Nc1ccccc1N. The Balaban J connectivity index is 1.72. The van der Waals surface area contributed by atoms with E-state index in [1.165, 1.54) is 19.4 Å². The molecule has 104 valence electrons. The van der Waals surface area contributed by atoms with E-state index < -0.39 is 0 Å². The number of carbonyl (C=O) groups is 1. The molecule has 4 heteroatoms. The zero-order valence-electron chi connectivity index (χ0n) is 11.6. The molecule has 1 aliphatic rings. The summed E-state index contributed by atoms with van der Waals surface area (Å²) < 4.78 is 0. The topological polar surface area (TPSA) is 58.4 Å². The molecule has 1 aromatic carbocycles. The third-order valence-electron chi connectivity index (χ3n) is 3.77. The number of anilines is 2. The predicted octanol–water partition coefficient (Wildman–Crippen LogP) is 2.47. The largest absolute Gasteiger partial charge is 0.397 e. The van der Waals surface area contributed by atoms with Crippen molar-refractivity contribution in [2.45, 2.75) is 38.6 Å². The summed E-state index contributed by atoms with van der Waals surface area (Å²) in [5.41, 5.74) is 7.12. The Labute approximate surface area is 115 Å². The molecule has 3 N–H and O–H groups in total. The fourth-order valence-corrected chi connectivity index (χ4v) is 2.59. The second-order valence-corrected chi connectivity index (χ2v) is 5.27. The van der Waals surface area contributed by atoms with E-state index in [1.54, 1.807) is 6.07 Å². The van der Waals surface area contributed by atoms with Gasteiger partial charge in [0, 0.05) is 12.5 Å². The minimum absolute atomic E-state index is 0.0461. The van der Waals surface area contributed by atoms with E-state index in [1.807, 2.05) is 18.2 Å². The molecular formula is C15H23N3O. The van der Waals surface area contributed by atoms with Crippen molar-refractivity contribution < 1.29 is 4.79 Å². The standard InChI is InChI=1S/C15H23N3O/c1-12-6-4-10-18(12)11-5-9-15(19)17-14-8-3-2-7-13(14)16/h2-3,7-8,12H,4-6,9-11,16H2,1H3,(H,17,19). The van der Waals surface area contributed by atoms with Crippen LogP contribution in [0.25, 0.3) is 0 Å². The zero-order chi connectivity index (χ0) is 13.7. The van der Waals surface area contributed by atoms with E-state index >= 15 is 0 Å². The first-order valence-electron chi connectivity index (χ1n) is 7.05. The Morgan fingerprint density at radius 1 is 1.47 bits per heavy atom. The second-order valence-electron chi connectivity index (χ2n) is 5.27. The molecule has 0 bridgehead atoms. The van der Waals surface area contributed by atoms with Gasteiger partial charge in [-0.3, -0.25) is 4.79 Å². The van der Waals surface area contributed by atoms with Crippen molar-refractivity contribution in [3.8, 4) is 0 Å². The highest BCUT2D eigenvalue weighted by Crippen LogP contribution is 2.18. The quantitative estimate of drug-likeness (QED) is 0.801. The smallest absolute Gasteiger partial charge is 0.224 e. The van der Waals surface area contributed by atoms with Crippen LogP contribution in [0.3, 0.4) is 0 Å². The maximum atomic E-state index is 11.8. The van der Waals surface area contributed by atoms with Gasteiger partial charge in [0.15, 0.2) is 0 Å². The number of nitrogens with one attached hydrogen (secondary N) is 1. The Morgan fingerprint density at radius 2 is 2.26 bits per heavy atom. The molecular weight excluding hydrogens is 238 g/mol. The second kappa shape index (κ2) is 6.57. The number of nitrogen functional groups attached to an aromatic ring is 1. The minimum Gasteiger partial charge on any atom is -0.397 e. The molecule has 0 spiro atoms. The van der Waals surface area contributed by atoms with Crippen LogP contribution in [0.1, 0.15) is 32.6 Å². The third-order valence-corrected chi connectivity index (χ3v) is 3.77. The lowest BCUT2D eigenvalue weighted by Crippen LogP contribution is -2.28. The van der Waals surface area contributed by atoms with Crippen molar-refractivity contribution >= 4 is 17.3 Å². The molecule has 0 saturated carbocycles. The van der Waals surface area contributed by atoms with E-state index in [4.69, 9.17) is 5.73 Å². The molecule has 2 rings (SSSR count). The summed E-state index contributed by atoms with van der Waals surface area (Å²) >= 11 is 0. The molecule has 1 amide bonds. The molecule has 1 aliphatic heterocycles. The molecule has 1 atom stereocenters. The summed E-state index contributed by atoms with van der Waals surface area (Å²) in [7, 11) is 0. The lowest BCUT2D eigenvalue weighted by molar-refractivity contribution is -0.116. The Kier molecular flexibility index (Phi) is 4.80. The van der Waals surface area contributed by atoms with Crippen molar-refractivity contribution in [2.75, 3.05) is 24.1 Å². The van der Waals surface area contributed by atoms with Crippen molar-refractivity contribution in [3.63, 3.8) is 0 Å². The molecule has 1 saturated heterocycles. The van der Waals surface area contributed by atoms with E-state index in [9.17, 15) is 4.79 Å². The first-order valence-corrected chi connectivity index (χ1v) is 7.05. The van der Waals surface area contributed by atoms with Crippen LogP contribution >= 0.6 is 0 Å². The van der Waals surface area contributed by atoms with Crippen molar-refractivity contribution in [3.05, 3.63) is 24.3 Å². The van der Waals surface area contributed by atoms with Crippen LogP contribution in [0, 0.1) is 0 Å². The first kappa shape index (κ1) is 13.9. The first-order chi connectivity index (χ1) is 9.16. The summed E-state index contributed by atoms with van der Waals surface area (Å²) in [5, 5.41) is 2.86. The Bertz CT molecular complexity index is 433. The number of carbonyl (C=O) groups excluding carboxylic acids is 1. The van der Waals surface area contributed by atoms with Gasteiger partial charge in [-0.25, -0.2) is 0 Å². The van der Waals surface area contributed by atoms with Crippen LogP contribution in [-0.2, 0) is 4.79 Å². The number of para-hydroxylation sites is 2. The lowest BCUT2D eigenvalue weighted by Gasteiger charge is -2.20. The average Bonchev–Trinajstić information content (AvgIpc) is 2.78. The van der Waals surface area contributed by atoms with E-state index in [-0.39, 0.29) is 5.91 Å². The van der Waals surface area contributed by atoms with E-state index in [2.05, 4.69) is 17.1 Å². The lowest BCUT2D eigenvalue weighted by atomic mass is 10.2. The summed E-state index contributed by atoms with van der Waals surface area (Å²) in [4.78, 5) is 14.3. The van der Waals surface area contributed by atoms with Gasteiger partial charge in [-0.1, -0.05) is 12.1 Å². The van der Waals surface area contributed by atoms with Crippen LogP contribution in [0.4, 0.5) is 11.4 Å². The van der Waals surface area contributed by atoms with Gasteiger partial charge in [0.05, 0.1) is 11.4 Å². The molecule has 0 radical (unpaired) electrons. The normalized spacial score (nSPS) is 19.5. The number of rotatable bonds is 5. The maximum Gasteiger partial charge on any atom is 0.224 e. The molecule has 1 fully saturated rings. The highest BCUT2D eigenvalue weighted by molar-refractivity contribution is 5.93. The number of benzene rings is 1. The number of nitrogens with zero attached hydrogens (tertiary/aromatic N) is 1. The average molecular weight is 261 g/mol. The van der Waals surface area contributed by atoms with Gasteiger partial charge in [-0.2, -0.15) is 0 Å². The molecule has 4 nitrogen and oxygen atoms in total. The van der Waals surface area contributed by atoms with Crippen LogP contribution in [0.2, 0.25) is 0 Å². The van der Waals surface area contributed by atoms with Crippen LogP contribution in [0.5, 0.6) is 0 Å². The molecule has 0 aliphatic carbocycles. The highest BCUT2D eigenvalue weighted by Gasteiger charge is 2.19. The van der Waals surface area contributed by atoms with Gasteiger partial charge in [-0.05, 0) is 51.4 Å². The molecule has 1 heterocycles. The number of amides is 1. The molecule has 1 aromatic rings. The Morgan fingerprint density at radius 3 is 2.95 bits per heavy atom. The van der Waals surface area contributed by atoms with Gasteiger partial charge >= 0.3 is 0 Å². The number of nitrogens with two attached hydrogens (primary N) is 1. The molecule has 1 unspecified atom stereocenters. The van der Waals surface area contributed by atoms with Crippen molar-refractivity contribution in [1.82, 2.24) is 4.90 Å². The van der Waals surface area contributed by atoms with Crippen LogP contribution in [-0.4, -0.2) is 29.9 Å². The molecule has 19 heavy (non-hydrogen) atoms. The number of hydrogen-bond acceptors (Lipinski definition) is 3. The van der Waals surface area contributed by atoms with Gasteiger partial charge in [0.25, 0.3) is 0 Å². The van der Waals surface area contributed by atoms with Gasteiger partial charge in [0.2, 0.25) is 5.91 Å². The van der Waals surface area contributed by atoms with Crippen LogP contribution in [0.15, 0.2) is 24.3 Å². The minimum atomic E-state index is 0.0461. The number of likely N-dealkylation sites (tertiary alicyclic amines) is 1. The van der Waals surface area contributed by atoms with Gasteiger partial charge in [-0.15, -0.1) is 0 Å². The van der Waals surface area contributed by atoms with Gasteiger partial charge in [0.1, 0.15) is 0 Å². The molecule has 0 aromatic heterocycles. The third kappa shape index (κ3) is 3.96. The zero-order valence-corrected chi connectivity index (χ0v) is 11.6. The van der Waals surface area contributed by atoms with E-state index in [0.29, 0.717) is 23.8 Å². The Hall–Kier alpha value is -1.55. The fraction of sp³-hybridized carbons (Fsp3) is 0.533. The predicted molar refractivity (Wildman–Crippen MR) is 79.0 cm³/mol. The van der Waals surface area contributed by atoms with Crippen molar-refractivity contribution in [2.24, 2.45) is 0 Å². The van der Waals surface area contributed by atoms with E-state index in [0.717, 1.165) is 13.0 Å². The summed E-state index contributed by atoms with van der Waals surface area (Å²) in [6.45, 7) is 4.45. The summed E-state index contributed by atoms with van der Waals surface area (Å²) in [6, 6.07) is 8.03. The highest BCUT2D eigenvalue weighted by atomic mass is 16.1. The fourth-order valence-electron chi connectivity index (χ4n) is 2.59. The van der Waals surface area contributed by atoms with Crippen molar-refractivity contribution in [1.29, 1.82) is 0 Å². The number of hydrogen-bond donors (Lipinski definition) is 2. The summed E-state index contributed by atoms with van der Waals surface area (Å²) in [5.74, 6) is 0.0461. The van der Waals surface area contributed by atoms with Crippen LogP contribution < -0.4 is 11.1 Å². The monoisotopic (exact) mass is 261 g/mol. The maximum absolute atomic E-state index is 11.8. The van der Waals surface area contributed by atoms with Gasteiger partial charge < -0.3 is 16.0 Å².